The fraction of sp³-hybridized carbons (Fsp3) is 0.625. The lowest BCUT2D eigenvalue weighted by Crippen LogP contribution is -2.25. The topological polar surface area (TPSA) is 87.1 Å². The molecule has 2 N–H and O–H groups in total. The largest absolute Gasteiger partial charge is 0.376 e. The average molecular weight is 237 g/mol. The first-order valence-electron chi connectivity index (χ1n) is 4.26. The van der Waals surface area contributed by atoms with Crippen molar-refractivity contribution in [2.45, 2.75) is 0 Å². The van der Waals surface area contributed by atoms with Crippen molar-refractivity contribution in [2.75, 3.05) is 33.5 Å². The molecule has 0 spiro atoms. The molecule has 0 rings (SSSR count). The molecule has 0 aromatic rings. The first-order valence-corrected chi connectivity index (χ1v) is 6.05. The van der Waals surface area contributed by atoms with E-state index >= 15 is 0 Å². The van der Waals surface area contributed by atoms with E-state index in [4.69, 9.17) is 14.5 Å². The van der Waals surface area contributed by atoms with Gasteiger partial charge in [0.25, 0.3) is 5.91 Å². The maximum atomic E-state index is 11.2. The molecule has 0 radical (unpaired) electrons. The molecule has 6 nitrogen and oxygen atoms in total. The average Bonchev–Trinajstić information content (AvgIpc) is 2.09. The van der Waals surface area contributed by atoms with Crippen molar-refractivity contribution in [1.29, 1.82) is 0 Å². The number of hydrogen-bond acceptors (Lipinski definition) is 3. The van der Waals surface area contributed by atoms with Crippen molar-refractivity contribution in [3.05, 3.63) is 12.2 Å². The van der Waals surface area contributed by atoms with Crippen LogP contribution in [0.25, 0.3) is 0 Å². The number of rotatable bonds is 6. The smallest absolute Gasteiger partial charge is 0.327 e. The molecular weight excluding hydrogens is 221 g/mol. The van der Waals surface area contributed by atoms with Gasteiger partial charge in [0.05, 0.1) is 19.4 Å². The minimum absolute atomic E-state index is 0.0169. The number of amides is 1. The first-order chi connectivity index (χ1) is 6.74. The van der Waals surface area contributed by atoms with Crippen LogP contribution in [0.15, 0.2) is 12.2 Å². The lowest BCUT2D eigenvalue weighted by molar-refractivity contribution is -0.125. The summed E-state index contributed by atoms with van der Waals surface area (Å²) in [5, 5.41) is 0. The number of likely N-dealkylation sites (N-methyl/N-ethyl adjacent to an activating group) is 1. The van der Waals surface area contributed by atoms with Gasteiger partial charge in [0, 0.05) is 19.7 Å². The van der Waals surface area contributed by atoms with Crippen LogP contribution in [-0.2, 0) is 14.1 Å². The van der Waals surface area contributed by atoms with E-state index < -0.39 is 7.60 Å². The van der Waals surface area contributed by atoms with E-state index in [9.17, 15) is 9.36 Å². The summed E-state index contributed by atoms with van der Waals surface area (Å²) >= 11 is 0. The highest BCUT2D eigenvalue weighted by atomic mass is 31.2. The van der Waals surface area contributed by atoms with Gasteiger partial charge in [-0.05, 0) is 0 Å². The molecule has 88 valence electrons. The monoisotopic (exact) mass is 237 g/mol. The lowest BCUT2D eigenvalue weighted by Gasteiger charge is -2.12. The van der Waals surface area contributed by atoms with E-state index in [1.54, 1.807) is 14.1 Å². The molecule has 0 aliphatic carbocycles. The fourth-order valence-corrected chi connectivity index (χ4v) is 1.12. The third-order valence-corrected chi connectivity index (χ3v) is 2.28. The second-order valence-electron chi connectivity index (χ2n) is 3.24. The van der Waals surface area contributed by atoms with Gasteiger partial charge >= 0.3 is 7.60 Å². The molecule has 7 heteroatoms. The lowest BCUT2D eigenvalue weighted by atomic mass is 10.3. The van der Waals surface area contributed by atoms with Crippen LogP contribution in [0.4, 0.5) is 0 Å². The minimum Gasteiger partial charge on any atom is -0.376 e. The Labute approximate surface area is 88.7 Å². The molecule has 0 saturated carbocycles. The van der Waals surface area contributed by atoms with Gasteiger partial charge in [-0.3, -0.25) is 9.36 Å². The van der Waals surface area contributed by atoms with Crippen molar-refractivity contribution in [2.24, 2.45) is 0 Å². The van der Waals surface area contributed by atoms with Crippen molar-refractivity contribution < 1.29 is 23.9 Å². The Balaban J connectivity index is 3.74. The van der Waals surface area contributed by atoms with E-state index in [-0.39, 0.29) is 30.9 Å². The first kappa shape index (κ1) is 14.3. The molecule has 0 bridgehead atoms. The van der Waals surface area contributed by atoms with Crippen molar-refractivity contribution in [1.82, 2.24) is 4.90 Å². The molecule has 0 aromatic heterocycles. The van der Waals surface area contributed by atoms with Crippen LogP contribution in [0.5, 0.6) is 0 Å². The van der Waals surface area contributed by atoms with Crippen LogP contribution in [0, 0.1) is 0 Å². The van der Waals surface area contributed by atoms with E-state index in [1.165, 1.54) is 4.90 Å². The highest BCUT2D eigenvalue weighted by molar-refractivity contribution is 7.51. The van der Waals surface area contributed by atoms with Crippen LogP contribution in [-0.4, -0.2) is 54.1 Å². The Morgan fingerprint density at radius 2 is 2.00 bits per heavy atom. The summed E-state index contributed by atoms with van der Waals surface area (Å²) in [5.41, 5.74) is 0.255. The Morgan fingerprint density at radius 3 is 2.40 bits per heavy atom. The molecule has 0 heterocycles. The molecule has 0 saturated heterocycles. The van der Waals surface area contributed by atoms with Crippen LogP contribution in [0.2, 0.25) is 0 Å². The molecule has 0 fully saturated rings. The zero-order valence-corrected chi connectivity index (χ0v) is 9.74. The Morgan fingerprint density at radius 1 is 1.47 bits per heavy atom. The predicted octanol–water partition coefficient (Wildman–Crippen LogP) is -0.175. The number of nitrogens with zero attached hydrogens (tertiary/aromatic N) is 1. The van der Waals surface area contributed by atoms with Crippen molar-refractivity contribution in [3.8, 4) is 0 Å². The quantitative estimate of drug-likeness (QED) is 0.380. The number of carbonyl (C=O) groups excluding carboxylic acids is 1. The van der Waals surface area contributed by atoms with Crippen LogP contribution < -0.4 is 0 Å². The second-order valence-corrected chi connectivity index (χ2v) is 5.02. The number of hydrogen-bond donors (Lipinski definition) is 2. The standard InChI is InChI=1S/C8H16NO5P/c1-7(8(10)9(2)3)6-14-4-5-15(11,12)13/h1,4-6H2,2-3H3,(H2,11,12,13). The third kappa shape index (κ3) is 7.27. The fourth-order valence-electron chi connectivity index (χ4n) is 0.757. The molecular formula is C8H16NO5P. The zero-order chi connectivity index (χ0) is 12.1. The number of ether oxygens (including phenoxy) is 1. The van der Waals surface area contributed by atoms with Gasteiger partial charge in [-0.1, -0.05) is 6.58 Å². The van der Waals surface area contributed by atoms with Gasteiger partial charge in [0.1, 0.15) is 0 Å². The third-order valence-electron chi connectivity index (χ3n) is 1.51. The van der Waals surface area contributed by atoms with E-state index in [2.05, 4.69) is 6.58 Å². The highest BCUT2D eigenvalue weighted by Crippen LogP contribution is 2.33. The normalized spacial score (nSPS) is 11.2. The van der Waals surface area contributed by atoms with Crippen molar-refractivity contribution >= 4 is 13.5 Å². The van der Waals surface area contributed by atoms with Crippen molar-refractivity contribution in [3.63, 3.8) is 0 Å². The second kappa shape index (κ2) is 6.02. The Hall–Kier alpha value is -0.680. The van der Waals surface area contributed by atoms with E-state index in [0.29, 0.717) is 0 Å². The minimum atomic E-state index is -4.02. The summed E-state index contributed by atoms with van der Waals surface area (Å²) in [5.74, 6) is -0.258. The molecule has 15 heavy (non-hydrogen) atoms. The van der Waals surface area contributed by atoms with Crippen LogP contribution in [0.3, 0.4) is 0 Å². The molecule has 0 unspecified atom stereocenters. The Bertz CT molecular complexity index is 283. The zero-order valence-electron chi connectivity index (χ0n) is 8.84. The summed E-state index contributed by atoms with van der Waals surface area (Å²) in [6.45, 7) is 3.39. The molecule has 0 aromatic carbocycles. The van der Waals surface area contributed by atoms with Gasteiger partial charge in [-0.15, -0.1) is 0 Å². The van der Waals surface area contributed by atoms with Gasteiger partial charge in [0.15, 0.2) is 0 Å². The van der Waals surface area contributed by atoms with E-state index in [0.717, 1.165) is 0 Å². The van der Waals surface area contributed by atoms with Gasteiger partial charge in [-0.2, -0.15) is 0 Å². The summed E-state index contributed by atoms with van der Waals surface area (Å²) in [4.78, 5) is 29.6. The molecule has 1 amide bonds. The van der Waals surface area contributed by atoms with Crippen LogP contribution in [0.1, 0.15) is 0 Å². The van der Waals surface area contributed by atoms with Gasteiger partial charge in [-0.25, -0.2) is 0 Å². The van der Waals surface area contributed by atoms with Crippen LogP contribution >= 0.6 is 7.60 Å². The maximum absolute atomic E-state index is 11.2. The van der Waals surface area contributed by atoms with Gasteiger partial charge < -0.3 is 19.4 Å². The Kier molecular flexibility index (Phi) is 5.75. The summed E-state index contributed by atoms with van der Waals surface area (Å²) in [6.07, 6.45) is -0.351. The summed E-state index contributed by atoms with van der Waals surface area (Å²) < 4.78 is 15.3. The molecule has 0 aliphatic rings. The SMILES string of the molecule is C=C(COCCP(=O)(O)O)C(=O)N(C)C. The van der Waals surface area contributed by atoms with Gasteiger partial charge in [0.2, 0.25) is 0 Å². The maximum Gasteiger partial charge on any atom is 0.327 e. The highest BCUT2D eigenvalue weighted by Gasteiger charge is 2.13. The molecule has 0 atom stereocenters. The predicted molar refractivity (Wildman–Crippen MR) is 55.6 cm³/mol. The number of carbonyl (C=O) groups is 1. The summed E-state index contributed by atoms with van der Waals surface area (Å²) in [7, 11) is -0.846. The molecule has 0 aliphatic heterocycles. The summed E-state index contributed by atoms with van der Waals surface area (Å²) in [6, 6.07) is 0. The van der Waals surface area contributed by atoms with E-state index in [1.807, 2.05) is 0 Å².